The third-order valence-corrected chi connectivity index (χ3v) is 4.94. The van der Waals surface area contributed by atoms with Gasteiger partial charge in [0.15, 0.2) is 0 Å². The van der Waals surface area contributed by atoms with Crippen LogP contribution < -0.4 is 0 Å². The second-order valence-corrected chi connectivity index (χ2v) is 6.21. The van der Waals surface area contributed by atoms with Gasteiger partial charge >= 0.3 is 5.97 Å². The molecule has 3 rings (SSSR count). The lowest BCUT2D eigenvalue weighted by molar-refractivity contribution is 0.0695. The van der Waals surface area contributed by atoms with Crippen LogP contribution in [0, 0.1) is 0 Å². The average Bonchev–Trinajstić information content (AvgIpc) is 2.91. The van der Waals surface area contributed by atoms with Crippen LogP contribution in [0.25, 0.3) is 0 Å². The van der Waals surface area contributed by atoms with E-state index in [1.54, 1.807) is 0 Å². The minimum atomic E-state index is -0.792. The molecule has 1 aromatic heterocycles. The van der Waals surface area contributed by atoms with E-state index >= 15 is 0 Å². The predicted molar refractivity (Wildman–Crippen MR) is 72.3 cm³/mol. The second kappa shape index (κ2) is 4.92. The van der Waals surface area contributed by atoms with Gasteiger partial charge in [0.1, 0.15) is 0 Å². The van der Waals surface area contributed by atoms with Crippen LogP contribution in [0.4, 0.5) is 0 Å². The van der Waals surface area contributed by atoms with E-state index < -0.39 is 5.97 Å². The summed E-state index contributed by atoms with van der Waals surface area (Å²) in [5.74, 6) is 1.58. The van der Waals surface area contributed by atoms with Crippen LogP contribution in [0.2, 0.25) is 0 Å². The first kappa shape index (κ1) is 12.0. The van der Waals surface area contributed by atoms with E-state index in [2.05, 4.69) is 0 Å². The predicted octanol–water partition coefficient (Wildman–Crippen LogP) is 3.23. The quantitative estimate of drug-likeness (QED) is 0.890. The van der Waals surface area contributed by atoms with Gasteiger partial charge in [-0.3, -0.25) is 4.98 Å². The van der Waals surface area contributed by atoms with Crippen LogP contribution in [-0.2, 0) is 12.2 Å². The molecule has 0 bridgehead atoms. The van der Waals surface area contributed by atoms with E-state index in [-0.39, 0.29) is 0 Å². The molecule has 1 aliphatic heterocycles. The third-order valence-electron chi connectivity index (χ3n) is 3.97. The van der Waals surface area contributed by atoms with Crippen LogP contribution in [0.3, 0.4) is 0 Å². The molecule has 0 saturated heterocycles. The van der Waals surface area contributed by atoms with Crippen molar-refractivity contribution in [3.05, 3.63) is 28.6 Å². The van der Waals surface area contributed by atoms with Gasteiger partial charge in [0.2, 0.25) is 0 Å². The first-order valence-corrected chi connectivity index (χ1v) is 7.75. The van der Waals surface area contributed by atoms with Crippen molar-refractivity contribution in [3.63, 3.8) is 0 Å². The van der Waals surface area contributed by atoms with E-state index in [1.807, 2.05) is 17.8 Å². The fourth-order valence-corrected chi connectivity index (χ4v) is 3.93. The molecule has 1 saturated carbocycles. The third kappa shape index (κ3) is 2.14. The molecule has 2 aliphatic rings. The first-order chi connectivity index (χ1) is 8.75. The van der Waals surface area contributed by atoms with Gasteiger partial charge in [-0.1, -0.05) is 12.8 Å². The SMILES string of the molecule is O=C(O)c1cc(C2CCCC2)nc2c1CCSC2. The highest BCUT2D eigenvalue weighted by Gasteiger charge is 2.25. The number of rotatable bonds is 2. The molecule has 0 atom stereocenters. The minimum absolute atomic E-state index is 0.486. The van der Waals surface area contributed by atoms with Gasteiger partial charge in [-0.2, -0.15) is 11.8 Å². The zero-order chi connectivity index (χ0) is 12.5. The Morgan fingerprint density at radius 2 is 2.17 bits per heavy atom. The fraction of sp³-hybridized carbons (Fsp3) is 0.571. The lowest BCUT2D eigenvalue weighted by Gasteiger charge is -2.20. The number of aromatic nitrogens is 1. The molecule has 2 heterocycles. The van der Waals surface area contributed by atoms with Gasteiger partial charge in [0.05, 0.1) is 11.3 Å². The number of aromatic carboxylic acids is 1. The Kier molecular flexibility index (Phi) is 3.29. The Labute approximate surface area is 111 Å². The number of pyridine rings is 1. The zero-order valence-electron chi connectivity index (χ0n) is 10.3. The van der Waals surface area contributed by atoms with Crippen LogP contribution in [0.5, 0.6) is 0 Å². The van der Waals surface area contributed by atoms with Gasteiger partial charge < -0.3 is 5.11 Å². The molecule has 3 nitrogen and oxygen atoms in total. The summed E-state index contributed by atoms with van der Waals surface area (Å²) < 4.78 is 0. The molecule has 1 aliphatic carbocycles. The van der Waals surface area contributed by atoms with Crippen molar-refractivity contribution in [2.75, 3.05) is 5.75 Å². The number of fused-ring (bicyclic) bond motifs is 1. The van der Waals surface area contributed by atoms with Crippen molar-refractivity contribution in [3.8, 4) is 0 Å². The standard InChI is InChI=1S/C14H17NO2S/c16-14(17)11-7-12(9-3-1-2-4-9)15-13-8-18-6-5-10(11)13/h7,9H,1-6,8H2,(H,16,17). The first-order valence-electron chi connectivity index (χ1n) is 6.59. The summed E-state index contributed by atoms with van der Waals surface area (Å²) in [4.78, 5) is 16.2. The Morgan fingerprint density at radius 1 is 1.39 bits per heavy atom. The van der Waals surface area contributed by atoms with Crippen molar-refractivity contribution in [1.82, 2.24) is 4.98 Å². The van der Waals surface area contributed by atoms with Gasteiger partial charge in [-0.05, 0) is 36.6 Å². The number of carbonyl (C=O) groups is 1. The van der Waals surface area contributed by atoms with E-state index in [1.165, 1.54) is 12.8 Å². The highest BCUT2D eigenvalue weighted by Crippen LogP contribution is 2.35. The molecule has 0 unspecified atom stereocenters. The maximum atomic E-state index is 11.4. The van der Waals surface area contributed by atoms with Crippen molar-refractivity contribution in [2.24, 2.45) is 0 Å². The molecular formula is C14H17NO2S. The highest BCUT2D eigenvalue weighted by atomic mass is 32.2. The molecule has 1 N–H and O–H groups in total. The Hall–Kier alpha value is -1.03. The van der Waals surface area contributed by atoms with E-state index in [0.29, 0.717) is 11.5 Å². The van der Waals surface area contributed by atoms with Crippen molar-refractivity contribution >= 4 is 17.7 Å². The van der Waals surface area contributed by atoms with Crippen molar-refractivity contribution in [1.29, 1.82) is 0 Å². The summed E-state index contributed by atoms with van der Waals surface area (Å²) in [6.45, 7) is 0. The topological polar surface area (TPSA) is 50.2 Å². The number of hydrogen-bond acceptors (Lipinski definition) is 3. The number of thioether (sulfide) groups is 1. The van der Waals surface area contributed by atoms with Gasteiger partial charge in [0.25, 0.3) is 0 Å². The molecule has 0 aromatic carbocycles. The summed E-state index contributed by atoms with van der Waals surface area (Å²) >= 11 is 1.85. The minimum Gasteiger partial charge on any atom is -0.478 e. The van der Waals surface area contributed by atoms with E-state index in [9.17, 15) is 9.90 Å². The highest BCUT2D eigenvalue weighted by molar-refractivity contribution is 7.98. The summed E-state index contributed by atoms with van der Waals surface area (Å²) in [7, 11) is 0. The van der Waals surface area contributed by atoms with Crippen molar-refractivity contribution in [2.45, 2.75) is 43.8 Å². The van der Waals surface area contributed by atoms with Crippen molar-refractivity contribution < 1.29 is 9.90 Å². The summed E-state index contributed by atoms with van der Waals surface area (Å²) in [6, 6.07) is 1.84. The van der Waals surface area contributed by atoms with Crippen LogP contribution >= 0.6 is 11.8 Å². The number of carboxylic acid groups (broad SMARTS) is 1. The van der Waals surface area contributed by atoms with Gasteiger partial charge in [-0.15, -0.1) is 0 Å². The molecular weight excluding hydrogens is 246 g/mol. The number of nitrogens with zero attached hydrogens (tertiary/aromatic N) is 1. The normalized spacial score (nSPS) is 19.8. The zero-order valence-corrected chi connectivity index (χ0v) is 11.1. The fourth-order valence-electron chi connectivity index (χ4n) is 3.01. The Morgan fingerprint density at radius 3 is 2.89 bits per heavy atom. The second-order valence-electron chi connectivity index (χ2n) is 5.11. The molecule has 4 heteroatoms. The summed E-state index contributed by atoms with van der Waals surface area (Å²) in [5.41, 5.74) is 3.52. The Balaban J connectivity index is 2.05. The van der Waals surface area contributed by atoms with Crippen LogP contribution in [-0.4, -0.2) is 21.8 Å². The molecule has 1 aromatic rings. The lowest BCUT2D eigenvalue weighted by atomic mass is 9.97. The Bertz CT molecular complexity index is 481. The van der Waals surface area contributed by atoms with Gasteiger partial charge in [-0.25, -0.2) is 4.79 Å². The summed E-state index contributed by atoms with van der Waals surface area (Å²) in [5, 5.41) is 9.37. The van der Waals surface area contributed by atoms with Crippen LogP contribution in [0.1, 0.15) is 58.9 Å². The van der Waals surface area contributed by atoms with E-state index in [0.717, 1.165) is 47.7 Å². The molecule has 0 amide bonds. The van der Waals surface area contributed by atoms with Crippen LogP contribution in [0.15, 0.2) is 6.07 Å². The monoisotopic (exact) mass is 263 g/mol. The summed E-state index contributed by atoms with van der Waals surface area (Å²) in [6.07, 6.45) is 5.68. The number of hydrogen-bond donors (Lipinski definition) is 1. The molecule has 0 radical (unpaired) electrons. The largest absolute Gasteiger partial charge is 0.478 e. The molecule has 18 heavy (non-hydrogen) atoms. The average molecular weight is 263 g/mol. The maximum Gasteiger partial charge on any atom is 0.336 e. The molecule has 96 valence electrons. The molecule has 0 spiro atoms. The van der Waals surface area contributed by atoms with Gasteiger partial charge in [0, 0.05) is 17.4 Å². The maximum absolute atomic E-state index is 11.4. The van der Waals surface area contributed by atoms with E-state index in [4.69, 9.17) is 4.98 Å². The smallest absolute Gasteiger partial charge is 0.336 e. The molecule has 1 fully saturated rings. The lowest BCUT2D eigenvalue weighted by Crippen LogP contribution is -2.15. The number of carboxylic acids is 1.